The molecule has 160 valence electrons. The average molecular weight is 417 g/mol. The van der Waals surface area contributed by atoms with Gasteiger partial charge < -0.3 is 14.4 Å². The van der Waals surface area contributed by atoms with Crippen LogP contribution in [0.3, 0.4) is 0 Å². The molecule has 0 bridgehead atoms. The molecule has 1 saturated carbocycles. The molecule has 0 aromatic carbocycles. The van der Waals surface area contributed by atoms with E-state index in [0.29, 0.717) is 50.8 Å². The van der Waals surface area contributed by atoms with Gasteiger partial charge in [-0.05, 0) is 32.1 Å². The van der Waals surface area contributed by atoms with Crippen molar-refractivity contribution in [1.82, 2.24) is 5.16 Å². The molecule has 8 nitrogen and oxygen atoms in total. The van der Waals surface area contributed by atoms with Crippen molar-refractivity contribution in [3.05, 3.63) is 11.8 Å². The summed E-state index contributed by atoms with van der Waals surface area (Å²) in [4.78, 5) is 13.0. The van der Waals surface area contributed by atoms with Crippen LogP contribution in [0.2, 0.25) is 0 Å². The minimum absolute atomic E-state index is 0.0898. The molecular weight excluding hydrogens is 384 g/mol. The highest BCUT2D eigenvalue weighted by Gasteiger charge is 2.57. The highest BCUT2D eigenvalue weighted by atomic mass is 32.2. The van der Waals surface area contributed by atoms with Crippen LogP contribution in [-0.2, 0) is 24.8 Å². The summed E-state index contributed by atoms with van der Waals surface area (Å²) in [7, 11) is -2.16. The van der Waals surface area contributed by atoms with Crippen LogP contribution in [0.25, 0.3) is 0 Å². The fourth-order valence-electron chi connectivity index (χ4n) is 3.44. The standard InChI is InChI=1S/C19H32N2O6S/c1-5-7-14(8-11-26-4)28(24,25)19(9-6-10-19)17(23)20-16-12-15(21-27-16)18(2,3)13-22/h12,14,22H,5-11,13H2,1-4H3,(H,20,23). The van der Waals surface area contributed by atoms with Crippen molar-refractivity contribution in [2.75, 3.05) is 25.6 Å². The zero-order valence-electron chi connectivity index (χ0n) is 17.2. The number of hydrogen-bond acceptors (Lipinski definition) is 7. The lowest BCUT2D eigenvalue weighted by Crippen LogP contribution is -2.57. The van der Waals surface area contributed by atoms with Gasteiger partial charge in [-0.15, -0.1) is 0 Å². The number of aromatic nitrogens is 1. The van der Waals surface area contributed by atoms with E-state index in [0.717, 1.165) is 0 Å². The lowest BCUT2D eigenvalue weighted by atomic mass is 9.83. The molecule has 0 saturated heterocycles. The number of aliphatic hydroxyl groups is 1. The normalized spacial score (nSPS) is 17.8. The minimum atomic E-state index is -3.70. The van der Waals surface area contributed by atoms with E-state index in [2.05, 4.69) is 10.5 Å². The second-order valence-electron chi connectivity index (χ2n) is 8.16. The summed E-state index contributed by atoms with van der Waals surface area (Å²) in [5.74, 6) is -0.478. The van der Waals surface area contributed by atoms with Gasteiger partial charge in [-0.3, -0.25) is 10.1 Å². The number of nitrogens with one attached hydrogen (secondary N) is 1. The number of ether oxygens (including phenoxy) is 1. The van der Waals surface area contributed by atoms with Crippen LogP contribution >= 0.6 is 0 Å². The van der Waals surface area contributed by atoms with Crippen LogP contribution in [0.5, 0.6) is 0 Å². The third-order valence-corrected chi connectivity index (χ3v) is 8.68. The number of nitrogens with zero attached hydrogens (tertiary/aromatic N) is 1. The first-order valence-corrected chi connectivity index (χ1v) is 11.3. The highest BCUT2D eigenvalue weighted by Crippen LogP contribution is 2.44. The Balaban J connectivity index is 2.23. The number of rotatable bonds is 11. The summed E-state index contributed by atoms with van der Waals surface area (Å²) >= 11 is 0. The largest absolute Gasteiger partial charge is 0.395 e. The molecule has 1 aliphatic carbocycles. The van der Waals surface area contributed by atoms with Gasteiger partial charge in [-0.1, -0.05) is 32.3 Å². The molecule has 28 heavy (non-hydrogen) atoms. The second-order valence-corrected chi connectivity index (χ2v) is 10.7. The van der Waals surface area contributed by atoms with E-state index < -0.39 is 31.2 Å². The van der Waals surface area contributed by atoms with Crippen LogP contribution in [0, 0.1) is 0 Å². The smallest absolute Gasteiger partial charge is 0.248 e. The Morgan fingerprint density at radius 3 is 2.61 bits per heavy atom. The van der Waals surface area contributed by atoms with Crippen molar-refractivity contribution in [3.8, 4) is 0 Å². The molecule has 1 fully saturated rings. The van der Waals surface area contributed by atoms with Crippen LogP contribution in [0.4, 0.5) is 5.88 Å². The fourth-order valence-corrected chi connectivity index (χ4v) is 6.20. The van der Waals surface area contributed by atoms with Gasteiger partial charge in [0, 0.05) is 25.2 Å². The summed E-state index contributed by atoms with van der Waals surface area (Å²) in [5.41, 5.74) is -0.140. The van der Waals surface area contributed by atoms with Gasteiger partial charge in [0.25, 0.3) is 0 Å². The number of methoxy groups -OCH3 is 1. The molecule has 1 heterocycles. The lowest BCUT2D eigenvalue weighted by molar-refractivity contribution is -0.120. The molecule has 1 aromatic rings. The Morgan fingerprint density at radius 2 is 2.11 bits per heavy atom. The van der Waals surface area contributed by atoms with E-state index in [4.69, 9.17) is 9.26 Å². The minimum Gasteiger partial charge on any atom is -0.395 e. The summed E-state index contributed by atoms with van der Waals surface area (Å²) in [6.07, 6.45) is 2.88. The fraction of sp³-hybridized carbons (Fsp3) is 0.789. The average Bonchev–Trinajstić information content (AvgIpc) is 3.06. The van der Waals surface area contributed by atoms with Crippen molar-refractivity contribution in [2.24, 2.45) is 0 Å². The quantitative estimate of drug-likeness (QED) is 0.568. The van der Waals surface area contributed by atoms with Gasteiger partial charge in [0.2, 0.25) is 11.8 Å². The Morgan fingerprint density at radius 1 is 1.43 bits per heavy atom. The third kappa shape index (κ3) is 4.26. The van der Waals surface area contributed by atoms with Crippen LogP contribution in [-0.4, -0.2) is 54.9 Å². The number of sulfone groups is 1. The van der Waals surface area contributed by atoms with E-state index in [9.17, 15) is 18.3 Å². The second kappa shape index (κ2) is 8.92. The molecule has 1 aromatic heterocycles. The maximum atomic E-state index is 13.4. The van der Waals surface area contributed by atoms with Crippen molar-refractivity contribution in [1.29, 1.82) is 0 Å². The predicted molar refractivity (Wildman–Crippen MR) is 106 cm³/mol. The molecule has 0 spiro atoms. The number of aliphatic hydroxyl groups excluding tert-OH is 1. The third-order valence-electron chi connectivity index (χ3n) is 5.65. The summed E-state index contributed by atoms with van der Waals surface area (Å²) in [6, 6.07) is 1.53. The summed E-state index contributed by atoms with van der Waals surface area (Å²) in [6.45, 7) is 5.72. The molecule has 1 unspecified atom stereocenters. The maximum Gasteiger partial charge on any atom is 0.248 e. The molecule has 2 N–H and O–H groups in total. The van der Waals surface area contributed by atoms with E-state index in [1.165, 1.54) is 13.2 Å². The zero-order chi connectivity index (χ0) is 21.0. The molecule has 1 aliphatic rings. The van der Waals surface area contributed by atoms with Gasteiger partial charge in [0.15, 0.2) is 14.6 Å². The molecule has 0 aliphatic heterocycles. The van der Waals surface area contributed by atoms with Gasteiger partial charge in [-0.2, -0.15) is 0 Å². The van der Waals surface area contributed by atoms with Crippen LogP contribution in [0.1, 0.15) is 65.0 Å². The molecule has 2 rings (SSSR count). The van der Waals surface area contributed by atoms with Crippen LogP contribution in [0.15, 0.2) is 10.6 Å². The summed E-state index contributed by atoms with van der Waals surface area (Å²) < 4.78 is 35.6. The molecule has 9 heteroatoms. The van der Waals surface area contributed by atoms with E-state index >= 15 is 0 Å². The van der Waals surface area contributed by atoms with Gasteiger partial charge in [0.1, 0.15) is 0 Å². The predicted octanol–water partition coefficient (Wildman–Crippen LogP) is 2.43. The van der Waals surface area contributed by atoms with Crippen LogP contribution < -0.4 is 5.32 Å². The Hall–Kier alpha value is -1.45. The number of hydrogen-bond donors (Lipinski definition) is 2. The number of anilines is 1. The van der Waals surface area contributed by atoms with Gasteiger partial charge in [0.05, 0.1) is 17.6 Å². The Labute approximate surface area is 166 Å². The first kappa shape index (κ1) is 22.8. The van der Waals surface area contributed by atoms with E-state index in [-0.39, 0.29) is 12.5 Å². The maximum absolute atomic E-state index is 13.4. The number of amides is 1. The Bertz CT molecular complexity index is 767. The van der Waals surface area contributed by atoms with Gasteiger partial charge in [-0.25, -0.2) is 8.42 Å². The number of carbonyl (C=O) groups excluding carboxylic acids is 1. The number of carbonyl (C=O) groups is 1. The zero-order valence-corrected chi connectivity index (χ0v) is 18.0. The first-order chi connectivity index (χ1) is 13.1. The van der Waals surface area contributed by atoms with E-state index in [1.54, 1.807) is 13.8 Å². The van der Waals surface area contributed by atoms with Crippen molar-refractivity contribution >= 4 is 21.6 Å². The van der Waals surface area contributed by atoms with Crippen molar-refractivity contribution in [2.45, 2.75) is 74.7 Å². The molecule has 0 radical (unpaired) electrons. The Kier molecular flexibility index (Phi) is 7.27. The molecule has 1 atom stereocenters. The van der Waals surface area contributed by atoms with Crippen molar-refractivity contribution in [3.63, 3.8) is 0 Å². The van der Waals surface area contributed by atoms with Crippen molar-refractivity contribution < 1.29 is 27.6 Å². The highest BCUT2D eigenvalue weighted by molar-refractivity contribution is 7.94. The monoisotopic (exact) mass is 416 g/mol. The lowest BCUT2D eigenvalue weighted by Gasteiger charge is -2.41. The topological polar surface area (TPSA) is 119 Å². The molecular formula is C19H32N2O6S. The van der Waals surface area contributed by atoms with Gasteiger partial charge >= 0.3 is 0 Å². The van der Waals surface area contributed by atoms with E-state index in [1.807, 2.05) is 6.92 Å². The summed E-state index contributed by atoms with van der Waals surface area (Å²) in [5, 5.41) is 15.3. The molecule has 1 amide bonds. The SMILES string of the molecule is CCCC(CCOC)S(=O)(=O)C1(C(=O)Nc2cc(C(C)(C)CO)no2)CCC1. The first-order valence-electron chi connectivity index (χ1n) is 9.76.